The first-order valence-corrected chi connectivity index (χ1v) is 9.87. The molecule has 2 N–H and O–H groups in total. The molecule has 3 rings (SSSR count). The highest BCUT2D eigenvalue weighted by Gasteiger charge is 2.20. The topological polar surface area (TPSA) is 123 Å². The number of carbonyl (C=O) groups excluding carboxylic acids is 3. The highest BCUT2D eigenvalue weighted by Crippen LogP contribution is 2.24. The molecule has 2 amide bonds. The zero-order valence-electron chi connectivity index (χ0n) is 18.3. The Bertz CT molecular complexity index is 1110. The molecule has 0 spiro atoms. The number of benzene rings is 1. The minimum Gasteiger partial charge on any atom is -0.465 e. The first-order valence-electron chi connectivity index (χ1n) is 9.87. The molecule has 0 saturated carbocycles. The molecule has 32 heavy (non-hydrogen) atoms. The van der Waals surface area contributed by atoms with E-state index in [-0.39, 0.29) is 29.0 Å². The Hall–Kier alpha value is -4.01. The van der Waals surface area contributed by atoms with E-state index in [2.05, 4.69) is 25.5 Å². The molecule has 2 aromatic heterocycles. The van der Waals surface area contributed by atoms with Gasteiger partial charge in [-0.1, -0.05) is 38.1 Å². The summed E-state index contributed by atoms with van der Waals surface area (Å²) in [7, 11) is 1.27. The van der Waals surface area contributed by atoms with E-state index in [9.17, 15) is 14.4 Å². The number of nitrogens with zero attached hydrogens (tertiary/aromatic N) is 2. The number of hydrogen-bond donors (Lipinski definition) is 2. The zero-order valence-corrected chi connectivity index (χ0v) is 18.3. The van der Waals surface area contributed by atoms with E-state index in [1.165, 1.54) is 25.4 Å². The van der Waals surface area contributed by atoms with Crippen LogP contribution in [0.2, 0.25) is 0 Å². The fourth-order valence-corrected chi connectivity index (χ4v) is 2.73. The highest BCUT2D eigenvalue weighted by atomic mass is 16.5. The lowest BCUT2D eigenvalue weighted by Gasteiger charge is -2.12. The second-order valence-corrected chi connectivity index (χ2v) is 8.13. The van der Waals surface area contributed by atoms with Crippen molar-refractivity contribution in [1.82, 2.24) is 10.1 Å². The van der Waals surface area contributed by atoms with Gasteiger partial charge in [0.05, 0.1) is 19.1 Å². The Kier molecular flexibility index (Phi) is 6.67. The number of esters is 1. The van der Waals surface area contributed by atoms with Crippen molar-refractivity contribution in [3.63, 3.8) is 0 Å². The van der Waals surface area contributed by atoms with E-state index in [0.29, 0.717) is 17.3 Å². The van der Waals surface area contributed by atoms with Gasteiger partial charge in [0.25, 0.3) is 5.91 Å². The third-order valence-corrected chi connectivity index (χ3v) is 4.51. The second-order valence-electron chi connectivity index (χ2n) is 8.13. The summed E-state index contributed by atoms with van der Waals surface area (Å²) < 4.78 is 9.86. The summed E-state index contributed by atoms with van der Waals surface area (Å²) in [5, 5.41) is 9.30. The molecule has 2 heterocycles. The molecule has 0 bridgehead atoms. The van der Waals surface area contributed by atoms with Gasteiger partial charge in [0.15, 0.2) is 5.82 Å². The van der Waals surface area contributed by atoms with Gasteiger partial charge in [0.1, 0.15) is 11.5 Å². The summed E-state index contributed by atoms with van der Waals surface area (Å²) in [6.45, 7) is 5.98. The van der Waals surface area contributed by atoms with E-state index >= 15 is 0 Å². The number of pyridine rings is 1. The van der Waals surface area contributed by atoms with Gasteiger partial charge < -0.3 is 19.9 Å². The molecule has 0 radical (unpaired) electrons. The van der Waals surface area contributed by atoms with Gasteiger partial charge in [-0.2, -0.15) is 0 Å². The SMILES string of the molecule is COC(=O)c1ccc(C(=O)Nc2ccc(CC(=O)Nc3cc(C(C)(C)C)on3)cc2)nc1. The van der Waals surface area contributed by atoms with E-state index < -0.39 is 11.9 Å². The molecule has 1 aromatic carbocycles. The quantitative estimate of drug-likeness (QED) is 0.566. The van der Waals surface area contributed by atoms with Gasteiger partial charge in [-0.25, -0.2) is 4.79 Å². The van der Waals surface area contributed by atoms with Crippen molar-refractivity contribution in [3.8, 4) is 0 Å². The lowest BCUT2D eigenvalue weighted by molar-refractivity contribution is -0.115. The van der Waals surface area contributed by atoms with Gasteiger partial charge >= 0.3 is 5.97 Å². The van der Waals surface area contributed by atoms with Crippen LogP contribution >= 0.6 is 0 Å². The number of nitrogens with one attached hydrogen (secondary N) is 2. The van der Waals surface area contributed by atoms with Crippen molar-refractivity contribution < 1.29 is 23.6 Å². The van der Waals surface area contributed by atoms with Crippen LogP contribution in [0.15, 0.2) is 53.2 Å². The molecule has 9 nitrogen and oxygen atoms in total. The van der Waals surface area contributed by atoms with Crippen molar-refractivity contribution in [1.29, 1.82) is 0 Å². The molecular weight excluding hydrogens is 412 g/mol. The molecule has 0 saturated heterocycles. The second kappa shape index (κ2) is 9.42. The Morgan fingerprint density at radius 3 is 2.31 bits per heavy atom. The maximum absolute atomic E-state index is 12.3. The number of carbonyl (C=O) groups is 3. The number of rotatable bonds is 6. The van der Waals surface area contributed by atoms with Gasteiger partial charge in [-0.15, -0.1) is 0 Å². The summed E-state index contributed by atoms with van der Waals surface area (Å²) in [5.74, 6) is -0.128. The lowest BCUT2D eigenvalue weighted by Crippen LogP contribution is -2.15. The number of aromatic nitrogens is 2. The van der Waals surface area contributed by atoms with E-state index in [0.717, 1.165) is 5.56 Å². The molecular formula is C23H24N4O5. The summed E-state index contributed by atoms with van der Waals surface area (Å²) in [6.07, 6.45) is 1.42. The van der Waals surface area contributed by atoms with Crippen LogP contribution < -0.4 is 10.6 Å². The maximum atomic E-state index is 12.3. The number of hydrogen-bond acceptors (Lipinski definition) is 7. The standard InChI is InChI=1S/C23H24N4O5/c1-23(2,3)18-12-19(27-32-18)26-20(28)11-14-5-8-16(9-6-14)25-21(29)17-10-7-15(13-24-17)22(30)31-4/h5-10,12-13H,11H2,1-4H3,(H,25,29)(H,26,27,28). The third-order valence-electron chi connectivity index (χ3n) is 4.51. The molecule has 0 aliphatic carbocycles. The first kappa shape index (κ1) is 22.7. The van der Waals surface area contributed by atoms with Crippen LogP contribution in [0.25, 0.3) is 0 Å². The Morgan fingerprint density at radius 2 is 1.75 bits per heavy atom. The van der Waals surface area contributed by atoms with E-state index in [1.54, 1.807) is 30.3 Å². The minimum absolute atomic E-state index is 0.141. The fourth-order valence-electron chi connectivity index (χ4n) is 2.73. The lowest BCUT2D eigenvalue weighted by atomic mass is 9.93. The maximum Gasteiger partial charge on any atom is 0.339 e. The zero-order chi connectivity index (χ0) is 23.3. The van der Waals surface area contributed by atoms with Crippen molar-refractivity contribution in [2.24, 2.45) is 0 Å². The molecule has 166 valence electrons. The fraction of sp³-hybridized carbons (Fsp3) is 0.261. The van der Waals surface area contributed by atoms with Crippen LogP contribution in [0.1, 0.15) is 52.9 Å². The van der Waals surface area contributed by atoms with Gasteiger partial charge in [-0.3, -0.25) is 14.6 Å². The molecule has 0 fully saturated rings. The molecule has 9 heteroatoms. The van der Waals surface area contributed by atoms with Crippen LogP contribution in [0.3, 0.4) is 0 Å². The molecule has 0 aliphatic heterocycles. The number of anilines is 2. The average Bonchev–Trinajstić information content (AvgIpc) is 3.23. The first-order chi connectivity index (χ1) is 15.2. The summed E-state index contributed by atoms with van der Waals surface area (Å²) in [5.41, 5.74) is 1.52. The van der Waals surface area contributed by atoms with Gasteiger partial charge in [-0.05, 0) is 29.8 Å². The number of methoxy groups -OCH3 is 1. The highest BCUT2D eigenvalue weighted by molar-refractivity contribution is 6.03. The molecule has 0 atom stereocenters. The van der Waals surface area contributed by atoms with Crippen LogP contribution in [0.5, 0.6) is 0 Å². The Balaban J connectivity index is 1.55. The summed E-state index contributed by atoms with van der Waals surface area (Å²) in [6, 6.07) is 11.5. The Labute approximate surface area is 185 Å². The van der Waals surface area contributed by atoms with Crippen LogP contribution in [-0.2, 0) is 21.4 Å². The number of ether oxygens (including phenoxy) is 1. The molecule has 3 aromatic rings. The van der Waals surface area contributed by atoms with Gasteiger partial charge in [0.2, 0.25) is 5.91 Å². The molecule has 0 aliphatic rings. The monoisotopic (exact) mass is 436 g/mol. The predicted molar refractivity (Wildman–Crippen MR) is 118 cm³/mol. The normalized spacial score (nSPS) is 11.0. The third kappa shape index (κ3) is 5.78. The summed E-state index contributed by atoms with van der Waals surface area (Å²) in [4.78, 5) is 40.0. The largest absolute Gasteiger partial charge is 0.465 e. The van der Waals surface area contributed by atoms with E-state index in [1.807, 2.05) is 20.8 Å². The van der Waals surface area contributed by atoms with Crippen molar-refractivity contribution in [2.75, 3.05) is 17.7 Å². The van der Waals surface area contributed by atoms with Crippen molar-refractivity contribution >= 4 is 29.3 Å². The van der Waals surface area contributed by atoms with Crippen LogP contribution in [0, 0.1) is 0 Å². The number of amides is 2. The smallest absolute Gasteiger partial charge is 0.339 e. The van der Waals surface area contributed by atoms with Crippen molar-refractivity contribution in [3.05, 3.63) is 71.2 Å². The molecule has 0 unspecified atom stereocenters. The van der Waals surface area contributed by atoms with Crippen LogP contribution in [0.4, 0.5) is 11.5 Å². The van der Waals surface area contributed by atoms with Gasteiger partial charge in [0, 0.05) is 23.4 Å². The average molecular weight is 436 g/mol. The summed E-state index contributed by atoms with van der Waals surface area (Å²) >= 11 is 0. The van der Waals surface area contributed by atoms with Crippen LogP contribution in [-0.4, -0.2) is 35.0 Å². The van der Waals surface area contributed by atoms with E-state index in [4.69, 9.17) is 4.52 Å². The van der Waals surface area contributed by atoms with Crippen molar-refractivity contribution in [2.45, 2.75) is 32.6 Å². The Morgan fingerprint density at radius 1 is 1.03 bits per heavy atom. The predicted octanol–water partition coefficient (Wildman–Crippen LogP) is 3.59. The minimum atomic E-state index is -0.526.